The Balaban J connectivity index is 1.58. The van der Waals surface area contributed by atoms with E-state index in [-0.39, 0.29) is 36.4 Å². The average Bonchev–Trinajstić information content (AvgIpc) is 3.68. The number of aromatic nitrogens is 4. The number of Topliss-reactive ketones (excluding diaryl/α,β-unsaturated/α-hetero) is 1. The van der Waals surface area contributed by atoms with Crippen LogP contribution < -0.4 is 10.6 Å². The van der Waals surface area contributed by atoms with Gasteiger partial charge in [0, 0.05) is 30.8 Å². The number of hydrogen-bond acceptors (Lipinski definition) is 11. The van der Waals surface area contributed by atoms with Crippen molar-refractivity contribution in [3.05, 3.63) is 30.3 Å². The minimum absolute atomic E-state index is 0.124. The van der Waals surface area contributed by atoms with Crippen LogP contribution in [0.15, 0.2) is 35.5 Å². The zero-order chi connectivity index (χ0) is 32.4. The van der Waals surface area contributed by atoms with E-state index in [4.69, 9.17) is 0 Å². The molecule has 3 rings (SSSR count). The number of hydrogen-bond donors (Lipinski definition) is 2. The fourth-order valence-corrected chi connectivity index (χ4v) is 5.41. The molecule has 0 spiro atoms. The highest BCUT2D eigenvalue weighted by Gasteiger charge is 2.38. The van der Waals surface area contributed by atoms with Gasteiger partial charge >= 0.3 is 5.97 Å². The van der Waals surface area contributed by atoms with Gasteiger partial charge in [0.05, 0.1) is 31.8 Å². The number of likely N-dealkylation sites (tertiary alicyclic amines) is 1. The van der Waals surface area contributed by atoms with Crippen LogP contribution >= 0.6 is 11.8 Å². The van der Waals surface area contributed by atoms with Gasteiger partial charge in [-0.05, 0) is 63.1 Å². The van der Waals surface area contributed by atoms with E-state index in [2.05, 4.69) is 30.9 Å². The van der Waals surface area contributed by atoms with Crippen LogP contribution in [0.5, 0.6) is 0 Å². The SMILES string of the molecule is COC(=O)CCC(=O)N[C@@H](C)C(=O)N[C@@H](C)C(=O)N1CCC[C@H]1C(=O)CN(C(=O)Sc1nnnn1-c1ccccc1)C(C)C. The lowest BCUT2D eigenvalue weighted by molar-refractivity contribution is -0.142. The first-order chi connectivity index (χ1) is 20.9. The molecule has 0 bridgehead atoms. The summed E-state index contributed by atoms with van der Waals surface area (Å²) in [6.45, 7) is 6.64. The molecule has 16 heteroatoms. The Kier molecular flexibility index (Phi) is 12.4. The number of rotatable bonds is 13. The van der Waals surface area contributed by atoms with Gasteiger partial charge in [0.25, 0.3) is 5.24 Å². The van der Waals surface area contributed by atoms with Crippen LogP contribution in [-0.4, -0.2) is 109 Å². The fourth-order valence-electron chi connectivity index (χ4n) is 4.55. The number of para-hydroxylation sites is 1. The lowest BCUT2D eigenvalue weighted by Gasteiger charge is -2.30. The van der Waals surface area contributed by atoms with Gasteiger partial charge in [0.15, 0.2) is 5.78 Å². The molecule has 238 valence electrons. The van der Waals surface area contributed by atoms with E-state index in [9.17, 15) is 28.8 Å². The van der Waals surface area contributed by atoms with Gasteiger partial charge in [-0.25, -0.2) is 0 Å². The van der Waals surface area contributed by atoms with E-state index < -0.39 is 47.1 Å². The lowest BCUT2D eigenvalue weighted by Crippen LogP contribution is -2.55. The van der Waals surface area contributed by atoms with Crippen molar-refractivity contribution in [1.82, 2.24) is 40.6 Å². The van der Waals surface area contributed by atoms with Crippen molar-refractivity contribution >= 4 is 46.5 Å². The molecule has 0 radical (unpaired) electrons. The van der Waals surface area contributed by atoms with Crippen LogP contribution in [-0.2, 0) is 28.7 Å². The number of esters is 1. The number of ether oxygens (including phenoxy) is 1. The number of nitrogens with zero attached hydrogens (tertiary/aromatic N) is 6. The van der Waals surface area contributed by atoms with Gasteiger partial charge < -0.3 is 25.2 Å². The molecule has 3 atom stereocenters. The molecule has 4 amide bonds. The Morgan fingerprint density at radius 3 is 2.39 bits per heavy atom. The normalized spacial score (nSPS) is 15.8. The Bertz CT molecular complexity index is 1350. The van der Waals surface area contributed by atoms with Gasteiger partial charge in [0.2, 0.25) is 22.9 Å². The first-order valence-electron chi connectivity index (χ1n) is 14.2. The molecule has 1 fully saturated rings. The van der Waals surface area contributed by atoms with Crippen LogP contribution in [0.4, 0.5) is 4.79 Å². The highest BCUT2D eigenvalue weighted by atomic mass is 32.2. The van der Waals surface area contributed by atoms with Gasteiger partial charge in [-0.3, -0.25) is 28.8 Å². The second kappa shape index (κ2) is 15.9. The predicted octanol–water partition coefficient (Wildman–Crippen LogP) is 1.11. The summed E-state index contributed by atoms with van der Waals surface area (Å²) < 4.78 is 5.93. The number of ketones is 1. The predicted molar refractivity (Wildman–Crippen MR) is 158 cm³/mol. The average molecular weight is 631 g/mol. The Morgan fingerprint density at radius 2 is 1.73 bits per heavy atom. The number of methoxy groups -OCH3 is 1. The van der Waals surface area contributed by atoms with E-state index in [0.717, 1.165) is 11.8 Å². The van der Waals surface area contributed by atoms with E-state index in [1.165, 1.54) is 35.4 Å². The Morgan fingerprint density at radius 1 is 1.02 bits per heavy atom. The zero-order valence-corrected chi connectivity index (χ0v) is 26.2. The van der Waals surface area contributed by atoms with Crippen molar-refractivity contribution in [3.63, 3.8) is 0 Å². The number of amides is 4. The molecule has 2 aromatic rings. The molecule has 2 heterocycles. The topological polar surface area (TPSA) is 186 Å². The number of benzene rings is 1. The second-order valence-corrected chi connectivity index (χ2v) is 11.5. The summed E-state index contributed by atoms with van der Waals surface area (Å²) in [5, 5.41) is 16.5. The fraction of sp³-hybridized carbons (Fsp3) is 0.536. The maximum atomic E-state index is 13.5. The standard InChI is InChI=1S/C28H38N8O7S/c1-17(2)35(28(42)44-27-31-32-33-36(27)20-10-7-6-8-11-20)16-22(37)21-12-9-15-34(21)26(41)19(4)30-25(40)18(3)29-23(38)13-14-24(39)43-5/h6-8,10-11,17-19,21H,9,12-16H2,1-5H3,(H,29,38)(H,30,40)/t18-,19-,21-/m0/s1. The minimum atomic E-state index is -0.972. The van der Waals surface area contributed by atoms with Gasteiger partial charge in [0.1, 0.15) is 12.1 Å². The van der Waals surface area contributed by atoms with Crippen molar-refractivity contribution in [3.8, 4) is 5.69 Å². The molecule has 1 saturated heterocycles. The maximum absolute atomic E-state index is 13.5. The van der Waals surface area contributed by atoms with Gasteiger partial charge in [-0.2, -0.15) is 4.68 Å². The Hall–Kier alpha value is -4.34. The van der Waals surface area contributed by atoms with Crippen molar-refractivity contribution < 1.29 is 33.5 Å². The van der Waals surface area contributed by atoms with Gasteiger partial charge in [-0.15, -0.1) is 5.10 Å². The van der Waals surface area contributed by atoms with E-state index in [1.54, 1.807) is 26.0 Å². The number of tetrazole rings is 1. The highest BCUT2D eigenvalue weighted by Crippen LogP contribution is 2.24. The van der Waals surface area contributed by atoms with Crippen LogP contribution in [0, 0.1) is 0 Å². The molecule has 15 nitrogen and oxygen atoms in total. The molecule has 0 aliphatic carbocycles. The van der Waals surface area contributed by atoms with E-state index in [0.29, 0.717) is 25.1 Å². The molecule has 1 aliphatic heterocycles. The number of carbonyl (C=O) groups is 6. The molecule has 1 aromatic heterocycles. The summed E-state index contributed by atoms with van der Waals surface area (Å²) in [7, 11) is 1.21. The third-order valence-electron chi connectivity index (χ3n) is 7.00. The Labute approximate surface area is 259 Å². The third-order valence-corrected chi connectivity index (χ3v) is 7.84. The maximum Gasteiger partial charge on any atom is 0.306 e. The van der Waals surface area contributed by atoms with Crippen LogP contribution in [0.2, 0.25) is 0 Å². The molecular formula is C28H38N8O7S. The number of thioether (sulfide) groups is 1. The number of carbonyl (C=O) groups excluding carboxylic acids is 6. The molecule has 1 aliphatic rings. The summed E-state index contributed by atoms with van der Waals surface area (Å²) in [6.07, 6.45) is 0.749. The smallest absolute Gasteiger partial charge is 0.306 e. The van der Waals surface area contributed by atoms with Crippen molar-refractivity contribution in [2.24, 2.45) is 0 Å². The van der Waals surface area contributed by atoms with Crippen LogP contribution in [0.1, 0.15) is 53.4 Å². The first kappa shape index (κ1) is 34.2. The quantitative estimate of drug-likeness (QED) is 0.239. The molecule has 44 heavy (non-hydrogen) atoms. The molecule has 0 saturated carbocycles. The summed E-state index contributed by atoms with van der Waals surface area (Å²) in [4.78, 5) is 78.8. The molecule has 2 N–H and O–H groups in total. The largest absolute Gasteiger partial charge is 0.469 e. The van der Waals surface area contributed by atoms with Crippen molar-refractivity contribution in [2.45, 2.75) is 82.7 Å². The lowest BCUT2D eigenvalue weighted by atomic mass is 10.1. The number of nitrogens with one attached hydrogen (secondary N) is 2. The molecule has 1 aromatic carbocycles. The summed E-state index contributed by atoms with van der Waals surface area (Å²) in [5.74, 6) is -2.40. The summed E-state index contributed by atoms with van der Waals surface area (Å²) in [6, 6.07) is 6.07. The van der Waals surface area contributed by atoms with Gasteiger partial charge in [-0.1, -0.05) is 18.2 Å². The summed E-state index contributed by atoms with van der Waals surface area (Å²) >= 11 is 0.805. The minimum Gasteiger partial charge on any atom is -0.469 e. The zero-order valence-electron chi connectivity index (χ0n) is 25.4. The molecular weight excluding hydrogens is 592 g/mol. The monoisotopic (exact) mass is 630 g/mol. The van der Waals surface area contributed by atoms with Crippen LogP contribution in [0.25, 0.3) is 5.69 Å². The first-order valence-corrected chi connectivity index (χ1v) is 15.1. The second-order valence-electron chi connectivity index (χ2n) is 10.6. The van der Waals surface area contributed by atoms with Crippen molar-refractivity contribution in [1.29, 1.82) is 0 Å². The van der Waals surface area contributed by atoms with E-state index in [1.807, 2.05) is 18.2 Å². The third kappa shape index (κ3) is 9.08. The van der Waals surface area contributed by atoms with Crippen molar-refractivity contribution in [2.75, 3.05) is 20.2 Å². The van der Waals surface area contributed by atoms with E-state index >= 15 is 0 Å². The molecule has 0 unspecified atom stereocenters. The summed E-state index contributed by atoms with van der Waals surface area (Å²) in [5.41, 5.74) is 0.677. The van der Waals surface area contributed by atoms with Crippen LogP contribution in [0.3, 0.4) is 0 Å². The highest BCUT2D eigenvalue weighted by molar-refractivity contribution is 8.13.